The van der Waals surface area contributed by atoms with Crippen molar-refractivity contribution >= 4 is 9.84 Å². The van der Waals surface area contributed by atoms with Gasteiger partial charge in [0.2, 0.25) is 0 Å². The van der Waals surface area contributed by atoms with E-state index in [9.17, 15) is 8.42 Å². The molecule has 4 heteroatoms. The topological polar surface area (TPSA) is 43.4 Å². The Hall–Kier alpha value is -2.07. The summed E-state index contributed by atoms with van der Waals surface area (Å²) in [6, 6.07) is 15.9. The molecule has 0 aliphatic heterocycles. The van der Waals surface area contributed by atoms with E-state index in [0.29, 0.717) is 11.3 Å². The summed E-state index contributed by atoms with van der Waals surface area (Å²) in [4.78, 5) is 0.311. The minimum atomic E-state index is -3.35. The molecule has 0 amide bonds. The van der Waals surface area contributed by atoms with Crippen molar-refractivity contribution in [1.29, 1.82) is 0 Å². The fourth-order valence-electron chi connectivity index (χ4n) is 1.76. The number of hydrogen-bond acceptors (Lipinski definition) is 3. The van der Waals surface area contributed by atoms with Gasteiger partial charge in [-0.2, -0.15) is 0 Å². The number of sulfone groups is 1. The fraction of sp³-hybridized carbons (Fsp3) is 0.125. The number of rotatable bonds is 5. The third kappa shape index (κ3) is 3.71. The van der Waals surface area contributed by atoms with Crippen LogP contribution in [0.25, 0.3) is 0 Å². The predicted octanol–water partition coefficient (Wildman–Crippen LogP) is 3.23. The van der Waals surface area contributed by atoms with Crippen LogP contribution in [0.3, 0.4) is 0 Å². The van der Waals surface area contributed by atoms with E-state index in [1.165, 1.54) is 5.41 Å². The molecule has 0 spiro atoms. The normalized spacial score (nSPS) is 11.7. The molecule has 0 radical (unpaired) electrons. The average molecular weight is 288 g/mol. The SMILES string of the molecule is COc1ccc(C/C=C/S(=O)(=O)c2ccccc2)cc1. The third-order valence-corrected chi connectivity index (χ3v) is 4.34. The molecule has 0 saturated heterocycles. The molecule has 0 atom stereocenters. The molecule has 0 bridgehead atoms. The molecule has 0 fully saturated rings. The van der Waals surface area contributed by atoms with Crippen LogP contribution in [0.5, 0.6) is 5.75 Å². The second-order valence-electron chi connectivity index (χ2n) is 4.28. The Labute approximate surface area is 119 Å². The quantitative estimate of drug-likeness (QED) is 0.848. The lowest BCUT2D eigenvalue weighted by molar-refractivity contribution is 0.414. The van der Waals surface area contributed by atoms with Crippen LogP contribution >= 0.6 is 0 Å². The van der Waals surface area contributed by atoms with Gasteiger partial charge in [0, 0.05) is 5.41 Å². The van der Waals surface area contributed by atoms with E-state index in [1.807, 2.05) is 24.3 Å². The smallest absolute Gasteiger partial charge is 0.199 e. The van der Waals surface area contributed by atoms with Crippen molar-refractivity contribution in [3.8, 4) is 5.75 Å². The first-order valence-corrected chi connectivity index (χ1v) is 7.76. The molecule has 2 rings (SSSR count). The highest BCUT2D eigenvalue weighted by molar-refractivity contribution is 7.94. The van der Waals surface area contributed by atoms with Gasteiger partial charge in [-0.1, -0.05) is 36.4 Å². The maximum Gasteiger partial charge on any atom is 0.199 e. The van der Waals surface area contributed by atoms with Crippen molar-refractivity contribution < 1.29 is 13.2 Å². The Bertz CT molecular complexity index is 671. The van der Waals surface area contributed by atoms with Crippen LogP contribution in [-0.4, -0.2) is 15.5 Å². The molecule has 0 aliphatic rings. The second-order valence-corrected chi connectivity index (χ2v) is 6.12. The van der Waals surface area contributed by atoms with Gasteiger partial charge in [-0.05, 0) is 36.2 Å². The molecule has 104 valence electrons. The van der Waals surface area contributed by atoms with Gasteiger partial charge < -0.3 is 4.74 Å². The van der Waals surface area contributed by atoms with Crippen LogP contribution in [0, 0.1) is 0 Å². The lowest BCUT2D eigenvalue weighted by atomic mass is 10.1. The summed E-state index contributed by atoms with van der Waals surface area (Å²) in [5, 5.41) is 1.26. The minimum absolute atomic E-state index is 0.311. The largest absolute Gasteiger partial charge is 0.497 e. The van der Waals surface area contributed by atoms with Crippen LogP contribution in [-0.2, 0) is 16.3 Å². The van der Waals surface area contributed by atoms with E-state index < -0.39 is 9.84 Å². The highest BCUT2D eigenvalue weighted by atomic mass is 32.2. The van der Waals surface area contributed by atoms with Crippen LogP contribution in [0.2, 0.25) is 0 Å². The zero-order valence-electron chi connectivity index (χ0n) is 11.2. The zero-order valence-corrected chi connectivity index (χ0v) is 12.0. The number of allylic oxidation sites excluding steroid dienone is 1. The molecular weight excluding hydrogens is 272 g/mol. The molecule has 0 unspecified atom stereocenters. The van der Waals surface area contributed by atoms with Crippen molar-refractivity contribution in [2.75, 3.05) is 7.11 Å². The van der Waals surface area contributed by atoms with E-state index in [1.54, 1.807) is 43.5 Å². The molecule has 2 aromatic rings. The van der Waals surface area contributed by atoms with Crippen LogP contribution in [0.4, 0.5) is 0 Å². The first-order valence-electron chi connectivity index (χ1n) is 6.21. The van der Waals surface area contributed by atoms with Crippen LogP contribution in [0.15, 0.2) is 71.0 Å². The van der Waals surface area contributed by atoms with Crippen LogP contribution in [0.1, 0.15) is 5.56 Å². The summed E-state index contributed by atoms with van der Waals surface area (Å²) in [5.74, 6) is 0.787. The van der Waals surface area contributed by atoms with E-state index >= 15 is 0 Å². The minimum Gasteiger partial charge on any atom is -0.497 e. The molecule has 0 N–H and O–H groups in total. The number of ether oxygens (including phenoxy) is 1. The van der Waals surface area contributed by atoms with Crippen molar-refractivity contribution in [1.82, 2.24) is 0 Å². The Kier molecular flexibility index (Phi) is 4.58. The number of methoxy groups -OCH3 is 1. The summed E-state index contributed by atoms with van der Waals surface area (Å²) >= 11 is 0. The molecule has 3 nitrogen and oxygen atoms in total. The van der Waals surface area contributed by atoms with Crippen molar-refractivity contribution in [2.45, 2.75) is 11.3 Å². The number of hydrogen-bond donors (Lipinski definition) is 0. The summed E-state index contributed by atoms with van der Waals surface area (Å²) in [6.45, 7) is 0. The lowest BCUT2D eigenvalue weighted by Gasteiger charge is -2.01. The summed E-state index contributed by atoms with van der Waals surface area (Å²) in [6.07, 6.45) is 2.22. The Morgan fingerprint density at radius 2 is 1.65 bits per heavy atom. The molecule has 2 aromatic carbocycles. The van der Waals surface area contributed by atoms with Crippen molar-refractivity contribution in [3.63, 3.8) is 0 Å². The number of benzene rings is 2. The van der Waals surface area contributed by atoms with Gasteiger partial charge >= 0.3 is 0 Å². The third-order valence-electron chi connectivity index (χ3n) is 2.86. The van der Waals surface area contributed by atoms with Crippen molar-refractivity contribution in [2.24, 2.45) is 0 Å². The van der Waals surface area contributed by atoms with Gasteiger partial charge in [-0.25, -0.2) is 8.42 Å². The highest BCUT2D eigenvalue weighted by Crippen LogP contribution is 2.14. The van der Waals surface area contributed by atoms with Gasteiger partial charge in [0.05, 0.1) is 12.0 Å². The molecule has 20 heavy (non-hydrogen) atoms. The van der Waals surface area contributed by atoms with Gasteiger partial charge in [0.15, 0.2) is 9.84 Å². The van der Waals surface area contributed by atoms with Gasteiger partial charge in [-0.3, -0.25) is 0 Å². The first kappa shape index (κ1) is 14.3. The maximum absolute atomic E-state index is 12.0. The summed E-state index contributed by atoms with van der Waals surface area (Å²) < 4.78 is 29.1. The van der Waals surface area contributed by atoms with E-state index in [-0.39, 0.29) is 0 Å². The summed E-state index contributed by atoms with van der Waals surface area (Å²) in [7, 11) is -1.74. The second kappa shape index (κ2) is 6.39. The van der Waals surface area contributed by atoms with Gasteiger partial charge in [0.25, 0.3) is 0 Å². The lowest BCUT2D eigenvalue weighted by Crippen LogP contribution is -1.95. The zero-order chi connectivity index (χ0) is 14.4. The fourth-order valence-corrected chi connectivity index (χ4v) is 2.80. The monoisotopic (exact) mass is 288 g/mol. The van der Waals surface area contributed by atoms with Crippen LogP contribution < -0.4 is 4.74 Å². The Morgan fingerprint density at radius 1 is 1.00 bits per heavy atom. The Morgan fingerprint density at radius 3 is 2.25 bits per heavy atom. The standard InChI is InChI=1S/C16H16O3S/c1-19-15-11-9-14(10-12-15)6-5-13-20(17,18)16-7-3-2-4-8-16/h2-5,7-13H,6H2,1H3/b13-5+. The van der Waals surface area contributed by atoms with E-state index in [4.69, 9.17) is 4.74 Å². The maximum atomic E-state index is 12.0. The van der Waals surface area contributed by atoms with Crippen molar-refractivity contribution in [3.05, 3.63) is 71.6 Å². The molecular formula is C16H16O3S. The first-order chi connectivity index (χ1) is 9.62. The highest BCUT2D eigenvalue weighted by Gasteiger charge is 2.08. The van der Waals surface area contributed by atoms with E-state index in [2.05, 4.69) is 0 Å². The van der Waals surface area contributed by atoms with E-state index in [0.717, 1.165) is 11.3 Å². The average Bonchev–Trinajstić information content (AvgIpc) is 2.49. The summed E-state index contributed by atoms with van der Waals surface area (Å²) in [5.41, 5.74) is 1.03. The predicted molar refractivity (Wildman–Crippen MR) is 79.5 cm³/mol. The Balaban J connectivity index is 2.06. The molecule has 0 aromatic heterocycles. The van der Waals surface area contributed by atoms with Gasteiger partial charge in [0.1, 0.15) is 5.75 Å². The molecule has 0 aliphatic carbocycles. The van der Waals surface area contributed by atoms with Gasteiger partial charge in [-0.15, -0.1) is 0 Å². The molecule has 0 saturated carbocycles. The molecule has 0 heterocycles.